The van der Waals surface area contributed by atoms with Crippen LogP contribution in [-0.2, 0) is 4.79 Å². The Morgan fingerprint density at radius 3 is 2.64 bits per heavy atom. The van der Waals surface area contributed by atoms with Crippen LogP contribution < -0.4 is 10.6 Å². The smallest absolute Gasteiger partial charge is 0.251 e. The molecule has 0 aromatic heterocycles. The van der Waals surface area contributed by atoms with Crippen LogP contribution in [0.4, 0.5) is 5.69 Å². The van der Waals surface area contributed by atoms with Crippen molar-refractivity contribution >= 4 is 17.5 Å². The zero-order chi connectivity index (χ0) is 15.5. The van der Waals surface area contributed by atoms with Crippen molar-refractivity contribution in [1.82, 2.24) is 10.2 Å². The van der Waals surface area contributed by atoms with E-state index in [0.717, 1.165) is 44.5 Å². The Morgan fingerprint density at radius 2 is 1.95 bits per heavy atom. The first-order chi connectivity index (χ1) is 10.6. The summed E-state index contributed by atoms with van der Waals surface area (Å²) in [6.45, 7) is 3.58. The minimum atomic E-state index is -0.278. The van der Waals surface area contributed by atoms with Gasteiger partial charge in [-0.15, -0.1) is 0 Å². The van der Waals surface area contributed by atoms with E-state index in [1.165, 1.54) is 0 Å². The van der Waals surface area contributed by atoms with Gasteiger partial charge in [0.2, 0.25) is 5.91 Å². The summed E-state index contributed by atoms with van der Waals surface area (Å²) in [5.74, 6) is 0.0926. The maximum absolute atomic E-state index is 12.3. The van der Waals surface area contributed by atoms with Gasteiger partial charge in [0.25, 0.3) is 5.91 Å². The van der Waals surface area contributed by atoms with Gasteiger partial charge in [-0.2, -0.15) is 0 Å². The summed E-state index contributed by atoms with van der Waals surface area (Å²) in [5.41, 5.74) is 1.45. The van der Waals surface area contributed by atoms with Gasteiger partial charge in [-0.05, 0) is 50.8 Å². The lowest BCUT2D eigenvalue weighted by molar-refractivity contribution is -0.130. The molecule has 1 saturated carbocycles. The molecule has 2 N–H and O–H groups in total. The maximum atomic E-state index is 12.3. The molecule has 1 unspecified atom stereocenters. The van der Waals surface area contributed by atoms with Crippen molar-refractivity contribution in [2.24, 2.45) is 0 Å². The molecule has 0 radical (unpaired) electrons. The second-order valence-corrected chi connectivity index (χ2v) is 6.23. The summed E-state index contributed by atoms with van der Waals surface area (Å²) in [6, 6.07) is 7.42. The van der Waals surface area contributed by atoms with Crippen molar-refractivity contribution in [2.75, 3.05) is 18.4 Å². The SMILES string of the molecule is CC(Nc1cccc(C(=O)NC2CC2)c1)C(=O)N1CCCC1. The topological polar surface area (TPSA) is 61.4 Å². The van der Waals surface area contributed by atoms with Crippen LogP contribution >= 0.6 is 0 Å². The number of nitrogens with zero attached hydrogens (tertiary/aromatic N) is 1. The zero-order valence-electron chi connectivity index (χ0n) is 13.0. The standard InChI is InChI=1S/C17H23N3O2/c1-12(17(22)20-9-2-3-10-20)18-15-6-4-5-13(11-15)16(21)19-14-7-8-14/h4-6,11-12,14,18H,2-3,7-10H2,1H3,(H,19,21). The molecule has 22 heavy (non-hydrogen) atoms. The van der Waals surface area contributed by atoms with E-state index in [-0.39, 0.29) is 17.9 Å². The summed E-state index contributed by atoms with van der Waals surface area (Å²) in [4.78, 5) is 26.3. The van der Waals surface area contributed by atoms with Gasteiger partial charge in [0.1, 0.15) is 6.04 Å². The Morgan fingerprint density at radius 1 is 1.23 bits per heavy atom. The largest absolute Gasteiger partial charge is 0.374 e. The molecular weight excluding hydrogens is 278 g/mol. The van der Waals surface area contributed by atoms with Crippen LogP contribution in [0.5, 0.6) is 0 Å². The molecule has 118 valence electrons. The van der Waals surface area contributed by atoms with Crippen molar-refractivity contribution in [3.63, 3.8) is 0 Å². The second kappa shape index (κ2) is 6.38. The van der Waals surface area contributed by atoms with Crippen molar-refractivity contribution in [2.45, 2.75) is 44.7 Å². The van der Waals surface area contributed by atoms with Gasteiger partial charge in [-0.25, -0.2) is 0 Å². The van der Waals surface area contributed by atoms with Crippen molar-refractivity contribution in [3.05, 3.63) is 29.8 Å². The molecule has 3 rings (SSSR count). The number of carbonyl (C=O) groups excluding carboxylic acids is 2. The molecule has 2 aliphatic rings. The molecule has 5 nitrogen and oxygen atoms in total. The van der Waals surface area contributed by atoms with Gasteiger partial charge in [-0.1, -0.05) is 6.07 Å². The van der Waals surface area contributed by atoms with Crippen LogP contribution in [0, 0.1) is 0 Å². The van der Waals surface area contributed by atoms with Crippen LogP contribution in [0.15, 0.2) is 24.3 Å². The zero-order valence-corrected chi connectivity index (χ0v) is 13.0. The third-order valence-corrected chi connectivity index (χ3v) is 4.21. The normalized spacial score (nSPS) is 18.9. The lowest BCUT2D eigenvalue weighted by Crippen LogP contribution is -2.39. The average molecular weight is 301 g/mol. The number of hydrogen-bond acceptors (Lipinski definition) is 3. The molecule has 1 aliphatic carbocycles. The molecule has 1 atom stereocenters. The lowest BCUT2D eigenvalue weighted by atomic mass is 10.1. The highest BCUT2D eigenvalue weighted by molar-refractivity contribution is 5.95. The molecule has 5 heteroatoms. The average Bonchev–Trinajstić information content (AvgIpc) is 3.16. The molecule has 1 aromatic rings. The van der Waals surface area contributed by atoms with E-state index < -0.39 is 0 Å². The third kappa shape index (κ3) is 3.59. The third-order valence-electron chi connectivity index (χ3n) is 4.21. The van der Waals surface area contributed by atoms with E-state index in [2.05, 4.69) is 10.6 Å². The molecule has 1 aromatic carbocycles. The molecule has 1 aliphatic heterocycles. The second-order valence-electron chi connectivity index (χ2n) is 6.23. The number of hydrogen-bond donors (Lipinski definition) is 2. The predicted octanol–water partition coefficient (Wildman–Crippen LogP) is 2.00. The van der Waals surface area contributed by atoms with Gasteiger partial charge < -0.3 is 15.5 Å². The fourth-order valence-corrected chi connectivity index (χ4v) is 2.77. The van der Waals surface area contributed by atoms with E-state index >= 15 is 0 Å². The van der Waals surface area contributed by atoms with E-state index in [0.29, 0.717) is 11.6 Å². The van der Waals surface area contributed by atoms with E-state index in [9.17, 15) is 9.59 Å². The number of carbonyl (C=O) groups is 2. The van der Waals surface area contributed by atoms with Gasteiger partial charge in [0.05, 0.1) is 0 Å². The minimum Gasteiger partial charge on any atom is -0.374 e. The summed E-state index contributed by atoms with van der Waals surface area (Å²) in [7, 11) is 0. The first kappa shape index (κ1) is 14.9. The van der Waals surface area contributed by atoms with Crippen molar-refractivity contribution < 1.29 is 9.59 Å². The Kier molecular flexibility index (Phi) is 4.32. The van der Waals surface area contributed by atoms with Crippen LogP contribution in [0.25, 0.3) is 0 Å². The summed E-state index contributed by atoms with van der Waals surface area (Å²) >= 11 is 0. The maximum Gasteiger partial charge on any atom is 0.251 e. The summed E-state index contributed by atoms with van der Waals surface area (Å²) < 4.78 is 0. The van der Waals surface area contributed by atoms with Gasteiger partial charge in [-0.3, -0.25) is 9.59 Å². The first-order valence-corrected chi connectivity index (χ1v) is 8.10. The van der Waals surface area contributed by atoms with Crippen LogP contribution in [0.2, 0.25) is 0 Å². The number of likely N-dealkylation sites (tertiary alicyclic amines) is 1. The lowest BCUT2D eigenvalue weighted by Gasteiger charge is -2.22. The Hall–Kier alpha value is -2.04. The van der Waals surface area contributed by atoms with Crippen LogP contribution in [0.1, 0.15) is 43.0 Å². The summed E-state index contributed by atoms with van der Waals surface area (Å²) in [5, 5.41) is 6.19. The highest BCUT2D eigenvalue weighted by Crippen LogP contribution is 2.20. The van der Waals surface area contributed by atoms with Crippen LogP contribution in [0.3, 0.4) is 0 Å². The Labute approximate surface area is 131 Å². The number of anilines is 1. The number of amides is 2. The number of nitrogens with one attached hydrogen (secondary N) is 2. The highest BCUT2D eigenvalue weighted by atomic mass is 16.2. The Bertz CT molecular complexity index is 563. The molecule has 2 amide bonds. The molecule has 1 saturated heterocycles. The minimum absolute atomic E-state index is 0.0373. The number of rotatable bonds is 5. The van der Waals surface area contributed by atoms with Crippen LogP contribution in [-0.4, -0.2) is 41.9 Å². The highest BCUT2D eigenvalue weighted by Gasteiger charge is 2.25. The van der Waals surface area contributed by atoms with Gasteiger partial charge in [0.15, 0.2) is 0 Å². The molecular formula is C17H23N3O2. The predicted molar refractivity (Wildman–Crippen MR) is 85.8 cm³/mol. The van der Waals surface area contributed by atoms with E-state index in [1.807, 2.05) is 30.0 Å². The van der Waals surface area contributed by atoms with Crippen molar-refractivity contribution in [1.29, 1.82) is 0 Å². The molecule has 1 heterocycles. The molecule has 0 spiro atoms. The van der Waals surface area contributed by atoms with E-state index in [4.69, 9.17) is 0 Å². The van der Waals surface area contributed by atoms with Crippen molar-refractivity contribution in [3.8, 4) is 0 Å². The Balaban J connectivity index is 1.61. The van der Waals surface area contributed by atoms with E-state index in [1.54, 1.807) is 6.07 Å². The summed E-state index contributed by atoms with van der Waals surface area (Å²) in [6.07, 6.45) is 4.33. The quantitative estimate of drug-likeness (QED) is 0.874. The fourth-order valence-electron chi connectivity index (χ4n) is 2.77. The first-order valence-electron chi connectivity index (χ1n) is 8.10. The monoisotopic (exact) mass is 301 g/mol. The van der Waals surface area contributed by atoms with Gasteiger partial charge in [0, 0.05) is 30.4 Å². The molecule has 0 bridgehead atoms. The fraction of sp³-hybridized carbons (Fsp3) is 0.529. The van der Waals surface area contributed by atoms with Gasteiger partial charge >= 0.3 is 0 Å². The molecule has 2 fully saturated rings. The number of benzene rings is 1.